The van der Waals surface area contributed by atoms with E-state index in [9.17, 15) is 24.0 Å². The number of hydrogen-bond acceptors (Lipinski definition) is 3. The minimum absolute atomic E-state index is 0.102. The molecule has 0 fully saturated rings. The van der Waals surface area contributed by atoms with Gasteiger partial charge in [0.25, 0.3) is 0 Å². The molecule has 3 aromatic carbocycles. The number of unbranched alkanes of at least 4 members (excludes halogenated alkanes) is 2. The van der Waals surface area contributed by atoms with Crippen LogP contribution in [-0.4, -0.2) is 27.2 Å². The fraction of sp³-hybridized carbons (Fsp3) is 0.450. The van der Waals surface area contributed by atoms with Crippen molar-refractivity contribution in [1.29, 1.82) is 0 Å². The zero-order chi connectivity index (χ0) is 34.7. The molecule has 3 N–H and O–H groups in total. The van der Waals surface area contributed by atoms with Gasteiger partial charge in [0.1, 0.15) is 5.75 Å². The molecule has 258 valence electrons. The Labute approximate surface area is 284 Å². The lowest BCUT2D eigenvalue weighted by molar-refractivity contribution is 0.468. The summed E-state index contributed by atoms with van der Waals surface area (Å²) < 4.78 is 25.1. The molecule has 0 heterocycles. The number of para-hydroxylation sites is 1. The molecular weight excluding hydrogens is 622 g/mol. The molecule has 5 nitrogen and oxygen atoms in total. The van der Waals surface area contributed by atoms with Crippen LogP contribution < -0.4 is 10.6 Å². The van der Waals surface area contributed by atoms with Gasteiger partial charge < -0.3 is 14.9 Å². The normalized spacial score (nSPS) is 13.8. The Morgan fingerprint density at radius 3 is 1.79 bits per heavy atom. The fourth-order valence-electron chi connectivity index (χ4n) is 5.73. The van der Waals surface area contributed by atoms with Crippen LogP contribution in [0, 0.1) is 0 Å². The van der Waals surface area contributed by atoms with Crippen molar-refractivity contribution in [3.8, 4) is 5.75 Å². The van der Waals surface area contributed by atoms with Crippen LogP contribution in [0.3, 0.4) is 0 Å². The number of rotatable bonds is 19. The van der Waals surface area contributed by atoms with Gasteiger partial charge in [0.15, 0.2) is 0 Å². The molecule has 0 aliphatic carbocycles. The summed E-state index contributed by atoms with van der Waals surface area (Å²) in [6.45, 7) is 12.3. The van der Waals surface area contributed by atoms with Gasteiger partial charge in [-0.3, -0.25) is 9.13 Å². The van der Waals surface area contributed by atoms with Gasteiger partial charge in [-0.1, -0.05) is 114 Å². The molecule has 0 aliphatic rings. The Morgan fingerprint density at radius 2 is 1.19 bits per heavy atom. The van der Waals surface area contributed by atoms with Crippen LogP contribution in [0.2, 0.25) is 0 Å². The first-order valence-electron chi connectivity index (χ1n) is 17.5. The molecule has 2 unspecified atom stereocenters. The highest BCUT2D eigenvalue weighted by Gasteiger charge is 2.24. The molecular formula is C40H58O5P2. The van der Waals surface area contributed by atoms with Crippen molar-refractivity contribution >= 4 is 31.4 Å². The largest absolute Gasteiger partial charge is 0.507 e. The van der Waals surface area contributed by atoms with Gasteiger partial charge in [0.05, 0.1) is 5.30 Å². The lowest BCUT2D eigenvalue weighted by atomic mass is 9.98. The van der Waals surface area contributed by atoms with E-state index in [0.29, 0.717) is 17.9 Å². The standard InChI is InChI=1S/C23H31O3P.C17H27O2P/c1-3-10-19-15-16-20(21(18-19)11-4-2)12-6-5-9-17-27(25,26)23-14-8-7-13-22(23)24;1-4-7-8-13-20(18,19)17-12-11-15(9-5-2)14-16(17)10-6-3/h6-8,12-16,18,24H,3-5,9-11,17H2,1-2H3,(H,25,26);4,11-12,14H,1,5-10,13H2,2-3H3,(H,18,19). The number of aromatic hydroxyl groups is 1. The van der Waals surface area contributed by atoms with Crippen LogP contribution >= 0.6 is 14.7 Å². The molecule has 0 saturated heterocycles. The van der Waals surface area contributed by atoms with E-state index in [0.717, 1.165) is 76.2 Å². The van der Waals surface area contributed by atoms with Crippen molar-refractivity contribution in [1.82, 2.24) is 0 Å². The molecule has 0 spiro atoms. The van der Waals surface area contributed by atoms with E-state index >= 15 is 0 Å². The van der Waals surface area contributed by atoms with E-state index in [1.165, 1.54) is 34.4 Å². The number of allylic oxidation sites excluding steroid dienone is 2. The van der Waals surface area contributed by atoms with Gasteiger partial charge in [-0.25, -0.2) is 0 Å². The second-order valence-electron chi connectivity index (χ2n) is 12.3. The zero-order valence-electron chi connectivity index (χ0n) is 29.2. The van der Waals surface area contributed by atoms with E-state index in [1.807, 2.05) is 12.1 Å². The van der Waals surface area contributed by atoms with Gasteiger partial charge in [-0.05, 0) is 97.4 Å². The first-order chi connectivity index (χ1) is 22.5. The summed E-state index contributed by atoms with van der Waals surface area (Å²) in [5.41, 5.74) is 6.34. The van der Waals surface area contributed by atoms with Crippen molar-refractivity contribution in [3.05, 3.63) is 107 Å². The summed E-state index contributed by atoms with van der Waals surface area (Å²) in [6, 6.07) is 19.0. The molecule has 0 amide bonds. The van der Waals surface area contributed by atoms with E-state index in [4.69, 9.17) is 0 Å². The maximum Gasteiger partial charge on any atom is 0.233 e. The van der Waals surface area contributed by atoms with Crippen LogP contribution in [-0.2, 0) is 34.8 Å². The lowest BCUT2D eigenvalue weighted by Gasteiger charge is -2.17. The van der Waals surface area contributed by atoms with Gasteiger partial charge >= 0.3 is 0 Å². The van der Waals surface area contributed by atoms with E-state index in [-0.39, 0.29) is 17.2 Å². The topological polar surface area (TPSA) is 94.8 Å². The van der Waals surface area contributed by atoms with E-state index < -0.39 is 14.7 Å². The summed E-state index contributed by atoms with van der Waals surface area (Å²) in [5, 5.41) is 10.6. The van der Waals surface area contributed by atoms with Crippen molar-refractivity contribution in [3.63, 3.8) is 0 Å². The molecule has 0 radical (unpaired) electrons. The summed E-state index contributed by atoms with van der Waals surface area (Å²) in [7, 11) is -6.74. The quantitative estimate of drug-likeness (QED) is 0.0666. The Balaban J connectivity index is 0.000000343. The van der Waals surface area contributed by atoms with Gasteiger partial charge in [0.2, 0.25) is 14.7 Å². The fourth-order valence-corrected chi connectivity index (χ4v) is 9.12. The Kier molecular flexibility index (Phi) is 18.4. The molecule has 3 aromatic rings. The predicted molar refractivity (Wildman–Crippen MR) is 203 cm³/mol. The van der Waals surface area contributed by atoms with Gasteiger partial charge in [-0.2, -0.15) is 0 Å². The number of aryl methyl sites for hydroxylation is 4. The minimum atomic E-state index is -3.51. The Morgan fingerprint density at radius 1 is 0.660 bits per heavy atom. The molecule has 0 bridgehead atoms. The first kappa shape index (κ1) is 40.5. The van der Waals surface area contributed by atoms with Crippen molar-refractivity contribution < 1.29 is 24.0 Å². The molecule has 47 heavy (non-hydrogen) atoms. The average Bonchev–Trinajstić information content (AvgIpc) is 3.03. The summed E-state index contributed by atoms with van der Waals surface area (Å²) in [6.07, 6.45) is 17.8. The van der Waals surface area contributed by atoms with Crippen molar-refractivity contribution in [2.75, 3.05) is 12.3 Å². The molecule has 3 rings (SSSR count). The number of phenols is 1. The molecule has 0 aliphatic heterocycles. The van der Waals surface area contributed by atoms with Crippen LogP contribution in [0.4, 0.5) is 0 Å². The number of benzene rings is 3. The average molecular weight is 681 g/mol. The third-order valence-corrected chi connectivity index (χ3v) is 12.3. The summed E-state index contributed by atoms with van der Waals surface area (Å²) in [4.78, 5) is 20.6. The van der Waals surface area contributed by atoms with Crippen LogP contribution in [0.15, 0.2) is 79.4 Å². The highest BCUT2D eigenvalue weighted by atomic mass is 31.2. The molecule has 0 aromatic heterocycles. The Bertz CT molecular complexity index is 1510. The van der Waals surface area contributed by atoms with Crippen LogP contribution in [0.1, 0.15) is 107 Å². The smallest absolute Gasteiger partial charge is 0.233 e. The van der Waals surface area contributed by atoms with E-state index in [1.54, 1.807) is 18.2 Å². The van der Waals surface area contributed by atoms with Gasteiger partial charge in [-0.15, -0.1) is 6.58 Å². The molecule has 7 heteroatoms. The third kappa shape index (κ3) is 13.8. The summed E-state index contributed by atoms with van der Waals surface area (Å²) >= 11 is 0. The maximum atomic E-state index is 12.6. The van der Waals surface area contributed by atoms with Crippen LogP contribution in [0.5, 0.6) is 5.75 Å². The van der Waals surface area contributed by atoms with E-state index in [2.05, 4.69) is 70.7 Å². The maximum absolute atomic E-state index is 12.6. The van der Waals surface area contributed by atoms with Gasteiger partial charge in [0, 0.05) is 17.6 Å². The second-order valence-corrected chi connectivity index (χ2v) is 17.0. The van der Waals surface area contributed by atoms with Crippen molar-refractivity contribution in [2.45, 2.75) is 105 Å². The molecule has 0 saturated carbocycles. The SMILES string of the molecule is C=CCCCP(=O)(O)c1ccc(CCC)cc1CCC.CCCc1ccc(C=CCCCP(=O)(O)c2ccccc2O)c(CCC)c1. The number of hydrogen-bond donors (Lipinski definition) is 3. The third-order valence-electron chi connectivity index (χ3n) is 8.10. The lowest BCUT2D eigenvalue weighted by Crippen LogP contribution is -2.14. The first-order valence-corrected chi connectivity index (χ1v) is 21.2. The highest BCUT2D eigenvalue weighted by Crippen LogP contribution is 2.43. The summed E-state index contributed by atoms with van der Waals surface area (Å²) in [5.74, 6) is -0.102. The number of phenolic OH excluding ortho intramolecular Hbond substituents is 1. The second kappa shape index (κ2) is 21.3. The van der Waals surface area contributed by atoms with Crippen LogP contribution in [0.25, 0.3) is 6.08 Å². The monoisotopic (exact) mass is 680 g/mol. The molecule has 2 atom stereocenters. The zero-order valence-corrected chi connectivity index (χ0v) is 31.0. The minimum Gasteiger partial charge on any atom is -0.507 e. The Hall–Kier alpha value is -2.68. The predicted octanol–water partition coefficient (Wildman–Crippen LogP) is 10.1. The highest BCUT2D eigenvalue weighted by molar-refractivity contribution is 7.66. The van der Waals surface area contributed by atoms with Crippen molar-refractivity contribution in [2.24, 2.45) is 0 Å².